The predicted octanol–water partition coefficient (Wildman–Crippen LogP) is 3.56. The van der Waals surface area contributed by atoms with Gasteiger partial charge in [0.25, 0.3) is 0 Å². The molecule has 1 aliphatic heterocycles. The average molecular weight is 370 g/mol. The first kappa shape index (κ1) is 16.5. The highest BCUT2D eigenvalue weighted by Gasteiger charge is 2.28. The van der Waals surface area contributed by atoms with E-state index in [0.29, 0.717) is 5.92 Å². The number of hydrogen-bond donors (Lipinski definition) is 1. The van der Waals surface area contributed by atoms with E-state index >= 15 is 0 Å². The molecule has 0 amide bonds. The standard InChI is InChI=1S/C20H27N5S/c1-2-16(1)14-24-9-11-25(12-10-24)18-7-3-15(4-8-18)13-21-20-23-22-19(26-20)17-5-6-17/h3-4,7-8,16-17H,1-2,5-6,9-14H2,(H,21,23). The molecular formula is C20H27N5S. The van der Waals surface area contributed by atoms with Crippen LogP contribution in [0.3, 0.4) is 0 Å². The van der Waals surface area contributed by atoms with Crippen LogP contribution >= 0.6 is 11.3 Å². The fourth-order valence-corrected chi connectivity index (χ4v) is 4.57. The molecule has 0 atom stereocenters. The molecule has 3 fully saturated rings. The Balaban J connectivity index is 1.11. The van der Waals surface area contributed by atoms with E-state index in [2.05, 4.69) is 49.6 Å². The molecule has 5 nitrogen and oxygen atoms in total. The topological polar surface area (TPSA) is 44.3 Å². The van der Waals surface area contributed by atoms with Crippen LogP contribution in [0.2, 0.25) is 0 Å². The van der Waals surface area contributed by atoms with Crippen molar-refractivity contribution < 1.29 is 0 Å². The van der Waals surface area contributed by atoms with E-state index in [9.17, 15) is 0 Å². The summed E-state index contributed by atoms with van der Waals surface area (Å²) in [6.07, 6.45) is 5.47. The third-order valence-electron chi connectivity index (χ3n) is 5.70. The largest absolute Gasteiger partial charge is 0.369 e. The van der Waals surface area contributed by atoms with Crippen molar-refractivity contribution in [1.82, 2.24) is 15.1 Å². The summed E-state index contributed by atoms with van der Waals surface area (Å²) in [5, 5.41) is 14.1. The zero-order valence-electron chi connectivity index (χ0n) is 15.2. The molecule has 138 valence electrons. The Morgan fingerprint density at radius 1 is 0.962 bits per heavy atom. The Bertz CT molecular complexity index is 727. The second-order valence-electron chi connectivity index (χ2n) is 7.97. The van der Waals surface area contributed by atoms with Crippen molar-refractivity contribution in [2.45, 2.75) is 38.1 Å². The zero-order valence-corrected chi connectivity index (χ0v) is 16.0. The van der Waals surface area contributed by atoms with E-state index in [-0.39, 0.29) is 0 Å². The maximum absolute atomic E-state index is 4.29. The lowest BCUT2D eigenvalue weighted by Gasteiger charge is -2.36. The lowest BCUT2D eigenvalue weighted by molar-refractivity contribution is 0.248. The summed E-state index contributed by atoms with van der Waals surface area (Å²) in [7, 11) is 0. The molecule has 1 saturated heterocycles. The van der Waals surface area contributed by atoms with Gasteiger partial charge in [-0.3, -0.25) is 4.90 Å². The average Bonchev–Trinajstić information content (AvgIpc) is 3.62. The predicted molar refractivity (Wildman–Crippen MR) is 107 cm³/mol. The maximum atomic E-state index is 4.29. The van der Waals surface area contributed by atoms with E-state index in [1.54, 1.807) is 11.3 Å². The van der Waals surface area contributed by atoms with Crippen molar-refractivity contribution >= 4 is 22.2 Å². The first-order valence-corrected chi connectivity index (χ1v) is 10.8. The van der Waals surface area contributed by atoms with E-state index < -0.39 is 0 Å². The zero-order chi connectivity index (χ0) is 17.3. The highest BCUT2D eigenvalue weighted by Crippen LogP contribution is 2.42. The van der Waals surface area contributed by atoms with Gasteiger partial charge in [-0.1, -0.05) is 23.5 Å². The Kier molecular flexibility index (Phi) is 4.55. The number of piperazine rings is 1. The molecule has 0 spiro atoms. The summed E-state index contributed by atoms with van der Waals surface area (Å²) < 4.78 is 0. The minimum absolute atomic E-state index is 0.687. The van der Waals surface area contributed by atoms with Crippen LogP contribution in [0.4, 0.5) is 10.8 Å². The number of rotatable bonds is 7. The van der Waals surface area contributed by atoms with Crippen molar-refractivity contribution in [1.29, 1.82) is 0 Å². The summed E-state index contributed by atoms with van der Waals surface area (Å²) in [6.45, 7) is 6.86. The molecule has 0 unspecified atom stereocenters. The first-order chi connectivity index (χ1) is 12.8. The van der Waals surface area contributed by atoms with Crippen LogP contribution in [0, 0.1) is 5.92 Å². The van der Waals surface area contributed by atoms with Gasteiger partial charge in [0.15, 0.2) is 0 Å². The Morgan fingerprint density at radius 3 is 2.42 bits per heavy atom. The normalized spacial score (nSPS) is 21.2. The van der Waals surface area contributed by atoms with Gasteiger partial charge in [0.05, 0.1) is 0 Å². The van der Waals surface area contributed by atoms with Gasteiger partial charge in [-0.2, -0.15) is 0 Å². The number of anilines is 2. The van der Waals surface area contributed by atoms with Crippen LogP contribution in [0.5, 0.6) is 0 Å². The van der Waals surface area contributed by atoms with Crippen LogP contribution in [0.15, 0.2) is 24.3 Å². The third-order valence-corrected chi connectivity index (χ3v) is 6.74. The molecule has 3 aliphatic rings. The fourth-order valence-electron chi connectivity index (χ4n) is 3.66. The first-order valence-electron chi connectivity index (χ1n) is 9.97. The van der Waals surface area contributed by atoms with Gasteiger partial charge in [0.1, 0.15) is 5.01 Å². The molecule has 2 saturated carbocycles. The van der Waals surface area contributed by atoms with Gasteiger partial charge in [0.2, 0.25) is 5.13 Å². The van der Waals surface area contributed by atoms with E-state index in [1.807, 2.05) is 0 Å². The van der Waals surface area contributed by atoms with Crippen molar-refractivity contribution in [2.24, 2.45) is 5.92 Å². The van der Waals surface area contributed by atoms with Crippen molar-refractivity contribution in [3.8, 4) is 0 Å². The lowest BCUT2D eigenvalue weighted by Crippen LogP contribution is -2.47. The smallest absolute Gasteiger partial charge is 0.205 e. The number of nitrogens with zero attached hydrogens (tertiary/aromatic N) is 4. The molecule has 26 heavy (non-hydrogen) atoms. The van der Waals surface area contributed by atoms with Gasteiger partial charge in [-0.25, -0.2) is 0 Å². The molecule has 2 heterocycles. The van der Waals surface area contributed by atoms with Crippen molar-refractivity contribution in [2.75, 3.05) is 42.9 Å². The second kappa shape index (κ2) is 7.16. The highest BCUT2D eigenvalue weighted by molar-refractivity contribution is 7.15. The quantitative estimate of drug-likeness (QED) is 0.808. The molecule has 6 heteroatoms. The van der Waals surface area contributed by atoms with Gasteiger partial charge >= 0.3 is 0 Å². The Morgan fingerprint density at radius 2 is 1.73 bits per heavy atom. The molecule has 1 N–H and O–H groups in total. The van der Waals surface area contributed by atoms with Gasteiger partial charge in [-0.05, 0) is 49.3 Å². The van der Waals surface area contributed by atoms with Gasteiger partial charge in [-0.15, -0.1) is 10.2 Å². The van der Waals surface area contributed by atoms with Gasteiger partial charge in [0, 0.05) is 50.9 Å². The fraction of sp³-hybridized carbons (Fsp3) is 0.600. The van der Waals surface area contributed by atoms with Crippen molar-refractivity contribution in [3.05, 3.63) is 34.8 Å². The van der Waals surface area contributed by atoms with Crippen LogP contribution in [-0.4, -0.2) is 47.8 Å². The summed E-state index contributed by atoms with van der Waals surface area (Å²) in [6, 6.07) is 9.01. The molecule has 1 aromatic carbocycles. The van der Waals surface area contributed by atoms with Gasteiger partial charge < -0.3 is 10.2 Å². The van der Waals surface area contributed by atoms with Crippen LogP contribution in [0.25, 0.3) is 0 Å². The number of aromatic nitrogens is 2. The van der Waals surface area contributed by atoms with Crippen LogP contribution in [0.1, 0.15) is 42.2 Å². The van der Waals surface area contributed by atoms with Crippen molar-refractivity contribution in [3.63, 3.8) is 0 Å². The Labute approximate surface area is 159 Å². The van der Waals surface area contributed by atoms with E-state index in [1.165, 1.54) is 61.6 Å². The minimum atomic E-state index is 0.687. The molecule has 2 aromatic rings. The monoisotopic (exact) mass is 369 g/mol. The van der Waals surface area contributed by atoms with Crippen LogP contribution < -0.4 is 10.2 Å². The summed E-state index contributed by atoms with van der Waals surface area (Å²) in [5.74, 6) is 1.69. The Hall–Kier alpha value is -1.66. The molecule has 2 aliphatic carbocycles. The molecule has 0 bridgehead atoms. The summed E-state index contributed by atoms with van der Waals surface area (Å²) >= 11 is 1.71. The third kappa shape index (κ3) is 4.01. The van der Waals surface area contributed by atoms with Crippen LogP contribution in [-0.2, 0) is 6.54 Å². The summed E-state index contributed by atoms with van der Waals surface area (Å²) in [5.41, 5.74) is 2.65. The maximum Gasteiger partial charge on any atom is 0.205 e. The lowest BCUT2D eigenvalue weighted by atomic mass is 10.1. The van der Waals surface area contributed by atoms with E-state index in [4.69, 9.17) is 0 Å². The number of hydrogen-bond acceptors (Lipinski definition) is 6. The number of nitrogens with one attached hydrogen (secondary N) is 1. The van der Waals surface area contributed by atoms with E-state index in [0.717, 1.165) is 30.7 Å². The minimum Gasteiger partial charge on any atom is -0.369 e. The molecule has 5 rings (SSSR count). The summed E-state index contributed by atoms with van der Waals surface area (Å²) in [4.78, 5) is 5.16. The molecule has 1 aromatic heterocycles. The highest BCUT2D eigenvalue weighted by atomic mass is 32.1. The molecular weight excluding hydrogens is 342 g/mol. The SMILES string of the molecule is c1cc(N2CCN(CC3CC3)CC2)ccc1CNc1nnc(C2CC2)s1. The molecule has 0 radical (unpaired) electrons. The number of benzene rings is 1. The second-order valence-corrected chi connectivity index (χ2v) is 8.98.